The zero-order chi connectivity index (χ0) is 22.5. The molecule has 1 amide bonds. The normalized spacial score (nSPS) is 10.9. The van der Waals surface area contributed by atoms with Crippen LogP contribution in [0.15, 0.2) is 42.5 Å². The molecule has 162 valence electrons. The molecular formula is C24H25NO5S. The van der Waals surface area contributed by atoms with Gasteiger partial charge in [0.05, 0.1) is 24.7 Å². The highest BCUT2D eigenvalue weighted by molar-refractivity contribution is 7.18. The fraction of sp³-hybridized carbons (Fsp3) is 0.292. The summed E-state index contributed by atoms with van der Waals surface area (Å²) in [5, 5.41) is 5.13. The minimum atomic E-state index is -0.583. The average Bonchev–Trinajstić information content (AvgIpc) is 3.04. The molecular weight excluding hydrogens is 414 g/mol. The van der Waals surface area contributed by atoms with Crippen LogP contribution in [0.5, 0.6) is 0 Å². The van der Waals surface area contributed by atoms with Crippen molar-refractivity contribution in [2.45, 2.75) is 40.2 Å². The fourth-order valence-corrected chi connectivity index (χ4v) is 4.40. The summed E-state index contributed by atoms with van der Waals surface area (Å²) >= 11 is 1.03. The van der Waals surface area contributed by atoms with Crippen molar-refractivity contribution < 1.29 is 23.9 Å². The van der Waals surface area contributed by atoms with Gasteiger partial charge in [-0.2, -0.15) is 0 Å². The lowest BCUT2D eigenvalue weighted by atomic mass is 10.0. The van der Waals surface area contributed by atoms with E-state index in [1.807, 2.05) is 42.5 Å². The average molecular weight is 440 g/mol. The summed E-state index contributed by atoms with van der Waals surface area (Å²) < 4.78 is 10.4. The van der Waals surface area contributed by atoms with Crippen LogP contribution in [0, 0.1) is 6.92 Å². The maximum Gasteiger partial charge on any atom is 0.348 e. The molecule has 2 aromatic carbocycles. The minimum Gasteiger partial charge on any atom is -0.462 e. The van der Waals surface area contributed by atoms with Gasteiger partial charge in [0, 0.05) is 0 Å². The standard InChI is InChI=1S/C24H25NO5S/c1-5-29-23(27)20-15(4)21(24(28)30-14(2)3)31-22(20)25-19(26)13-17-11-8-10-16-9-6-7-12-18(16)17/h6-12,14H,5,13H2,1-4H3,(H,25,26). The number of rotatable bonds is 7. The van der Waals surface area contributed by atoms with Crippen LogP contribution in [0.4, 0.5) is 5.00 Å². The summed E-state index contributed by atoms with van der Waals surface area (Å²) in [6.45, 7) is 7.04. The van der Waals surface area contributed by atoms with Crippen molar-refractivity contribution in [2.24, 2.45) is 0 Å². The van der Waals surface area contributed by atoms with Gasteiger partial charge < -0.3 is 14.8 Å². The van der Waals surface area contributed by atoms with Crippen LogP contribution in [-0.4, -0.2) is 30.6 Å². The summed E-state index contributed by atoms with van der Waals surface area (Å²) in [5.74, 6) is -1.40. The van der Waals surface area contributed by atoms with E-state index in [1.165, 1.54) is 0 Å². The number of thiophene rings is 1. The summed E-state index contributed by atoms with van der Waals surface area (Å²) in [7, 11) is 0. The Morgan fingerprint density at radius 2 is 1.74 bits per heavy atom. The lowest BCUT2D eigenvalue weighted by molar-refractivity contribution is -0.115. The SMILES string of the molecule is CCOC(=O)c1c(NC(=O)Cc2cccc3ccccc23)sc(C(=O)OC(C)C)c1C. The smallest absolute Gasteiger partial charge is 0.348 e. The van der Waals surface area contributed by atoms with E-state index in [9.17, 15) is 14.4 Å². The molecule has 0 aliphatic carbocycles. The molecule has 1 heterocycles. The molecule has 0 aliphatic rings. The molecule has 0 bridgehead atoms. The van der Waals surface area contributed by atoms with Gasteiger partial charge in [0.25, 0.3) is 0 Å². The van der Waals surface area contributed by atoms with E-state index in [1.54, 1.807) is 27.7 Å². The number of esters is 2. The number of anilines is 1. The van der Waals surface area contributed by atoms with E-state index in [2.05, 4.69) is 5.32 Å². The summed E-state index contributed by atoms with van der Waals surface area (Å²) in [6.07, 6.45) is -0.170. The van der Waals surface area contributed by atoms with Crippen molar-refractivity contribution >= 4 is 45.0 Å². The minimum absolute atomic E-state index is 0.131. The van der Waals surface area contributed by atoms with Crippen LogP contribution in [0.2, 0.25) is 0 Å². The molecule has 0 radical (unpaired) electrons. The van der Waals surface area contributed by atoms with Gasteiger partial charge in [-0.15, -0.1) is 11.3 Å². The molecule has 0 fully saturated rings. The van der Waals surface area contributed by atoms with Crippen LogP contribution in [0.25, 0.3) is 10.8 Å². The van der Waals surface area contributed by atoms with Gasteiger partial charge in [-0.25, -0.2) is 9.59 Å². The highest BCUT2D eigenvalue weighted by atomic mass is 32.1. The second-order valence-electron chi connectivity index (χ2n) is 7.30. The first kappa shape index (κ1) is 22.5. The third kappa shape index (κ3) is 5.11. The van der Waals surface area contributed by atoms with E-state index >= 15 is 0 Å². The Morgan fingerprint density at radius 1 is 1.03 bits per heavy atom. The number of amides is 1. The number of fused-ring (bicyclic) bond motifs is 1. The zero-order valence-electron chi connectivity index (χ0n) is 18.0. The first-order chi connectivity index (χ1) is 14.8. The molecule has 1 aromatic heterocycles. The van der Waals surface area contributed by atoms with Gasteiger partial charge in [0.15, 0.2) is 0 Å². The topological polar surface area (TPSA) is 81.7 Å². The summed E-state index contributed by atoms with van der Waals surface area (Å²) in [5.41, 5.74) is 1.50. The quantitative estimate of drug-likeness (QED) is 0.516. The highest BCUT2D eigenvalue weighted by Crippen LogP contribution is 2.34. The lowest BCUT2D eigenvalue weighted by Gasteiger charge is -2.09. The van der Waals surface area contributed by atoms with E-state index in [0.29, 0.717) is 5.56 Å². The van der Waals surface area contributed by atoms with E-state index in [4.69, 9.17) is 9.47 Å². The van der Waals surface area contributed by atoms with E-state index in [-0.39, 0.29) is 40.5 Å². The second kappa shape index (κ2) is 9.75. The van der Waals surface area contributed by atoms with Gasteiger partial charge >= 0.3 is 11.9 Å². The highest BCUT2D eigenvalue weighted by Gasteiger charge is 2.27. The van der Waals surface area contributed by atoms with Crippen LogP contribution < -0.4 is 5.32 Å². The van der Waals surface area contributed by atoms with Crippen LogP contribution in [0.3, 0.4) is 0 Å². The molecule has 3 aromatic rings. The predicted molar refractivity (Wildman–Crippen MR) is 122 cm³/mol. The maximum absolute atomic E-state index is 12.9. The van der Waals surface area contributed by atoms with Gasteiger partial charge in [0.1, 0.15) is 9.88 Å². The van der Waals surface area contributed by atoms with E-state index in [0.717, 1.165) is 27.7 Å². The van der Waals surface area contributed by atoms with Crippen LogP contribution in [0.1, 0.15) is 51.9 Å². The van der Waals surface area contributed by atoms with Crippen LogP contribution in [-0.2, 0) is 20.7 Å². The monoisotopic (exact) mass is 439 g/mol. The van der Waals surface area contributed by atoms with Gasteiger partial charge in [-0.3, -0.25) is 4.79 Å². The van der Waals surface area contributed by atoms with Crippen LogP contribution >= 0.6 is 11.3 Å². The number of carbonyl (C=O) groups excluding carboxylic acids is 3. The number of nitrogens with one attached hydrogen (secondary N) is 1. The van der Waals surface area contributed by atoms with Crippen molar-refractivity contribution in [3.05, 3.63) is 64.0 Å². The van der Waals surface area contributed by atoms with Crippen molar-refractivity contribution in [1.29, 1.82) is 0 Å². The molecule has 0 aliphatic heterocycles. The molecule has 6 nitrogen and oxygen atoms in total. The zero-order valence-corrected chi connectivity index (χ0v) is 18.8. The second-order valence-corrected chi connectivity index (χ2v) is 8.32. The molecule has 0 unspecified atom stereocenters. The Bertz CT molecular complexity index is 1130. The van der Waals surface area contributed by atoms with Crippen molar-refractivity contribution in [3.63, 3.8) is 0 Å². The lowest BCUT2D eigenvalue weighted by Crippen LogP contribution is -2.17. The third-order valence-electron chi connectivity index (χ3n) is 4.64. The Labute approximate surface area is 185 Å². The molecule has 7 heteroatoms. The van der Waals surface area contributed by atoms with E-state index < -0.39 is 11.9 Å². The summed E-state index contributed by atoms with van der Waals surface area (Å²) in [6, 6.07) is 13.6. The number of benzene rings is 2. The number of hydrogen-bond donors (Lipinski definition) is 1. The largest absolute Gasteiger partial charge is 0.462 e. The van der Waals surface area contributed by atoms with Gasteiger partial charge in [-0.05, 0) is 49.6 Å². The number of hydrogen-bond acceptors (Lipinski definition) is 6. The molecule has 0 spiro atoms. The van der Waals surface area contributed by atoms with Gasteiger partial charge in [-0.1, -0.05) is 42.5 Å². The maximum atomic E-state index is 12.9. The molecule has 0 saturated carbocycles. The fourth-order valence-electron chi connectivity index (χ4n) is 3.30. The van der Waals surface area contributed by atoms with Crippen molar-refractivity contribution in [1.82, 2.24) is 0 Å². The Hall–Kier alpha value is -3.19. The van der Waals surface area contributed by atoms with Crippen molar-refractivity contribution in [3.8, 4) is 0 Å². The Balaban J connectivity index is 1.90. The number of ether oxygens (including phenoxy) is 2. The first-order valence-electron chi connectivity index (χ1n) is 10.1. The Morgan fingerprint density at radius 3 is 2.45 bits per heavy atom. The molecule has 0 saturated heterocycles. The Kier molecular flexibility index (Phi) is 7.07. The molecule has 1 N–H and O–H groups in total. The van der Waals surface area contributed by atoms with Gasteiger partial charge in [0.2, 0.25) is 5.91 Å². The molecule has 3 rings (SSSR count). The number of carbonyl (C=O) groups is 3. The summed E-state index contributed by atoms with van der Waals surface area (Å²) in [4.78, 5) is 38.1. The third-order valence-corrected chi connectivity index (χ3v) is 5.83. The molecule has 31 heavy (non-hydrogen) atoms. The molecule has 0 atom stereocenters. The van der Waals surface area contributed by atoms with Crippen molar-refractivity contribution in [2.75, 3.05) is 11.9 Å². The first-order valence-corrected chi connectivity index (χ1v) is 10.9. The predicted octanol–water partition coefficient (Wildman–Crippen LogP) is 5.13.